The van der Waals surface area contributed by atoms with Crippen molar-refractivity contribution >= 4 is 0 Å². The number of hydrogen-bond donors (Lipinski definition) is 0. The van der Waals surface area contributed by atoms with Crippen LogP contribution in [0.2, 0.25) is 0 Å². The first kappa shape index (κ1) is 15.2. The fourth-order valence-electron chi connectivity index (χ4n) is 4.47. The van der Waals surface area contributed by atoms with Gasteiger partial charge in [0.15, 0.2) is 0 Å². The zero-order valence-corrected chi connectivity index (χ0v) is 14.3. The third-order valence-electron chi connectivity index (χ3n) is 5.63. The van der Waals surface area contributed by atoms with E-state index in [4.69, 9.17) is 9.15 Å². The van der Waals surface area contributed by atoms with E-state index < -0.39 is 0 Å². The van der Waals surface area contributed by atoms with Crippen molar-refractivity contribution in [2.75, 3.05) is 19.8 Å². The van der Waals surface area contributed by atoms with Crippen molar-refractivity contribution in [3.63, 3.8) is 0 Å². The molecule has 1 saturated heterocycles. The minimum absolute atomic E-state index is 0.356. The average Bonchev–Trinajstić information content (AvgIpc) is 2.80. The van der Waals surface area contributed by atoms with Crippen LogP contribution in [0.3, 0.4) is 0 Å². The fourth-order valence-corrected chi connectivity index (χ4v) is 4.47. The van der Waals surface area contributed by atoms with Gasteiger partial charge < -0.3 is 9.15 Å². The predicted molar refractivity (Wildman–Crippen MR) is 91.6 cm³/mol. The summed E-state index contributed by atoms with van der Waals surface area (Å²) in [4.78, 5) is 2.66. The molecule has 3 heterocycles. The van der Waals surface area contributed by atoms with Crippen LogP contribution in [0.5, 0.6) is 0 Å². The Kier molecular flexibility index (Phi) is 4.16. The molecule has 23 heavy (non-hydrogen) atoms. The van der Waals surface area contributed by atoms with E-state index in [-0.39, 0.29) is 0 Å². The van der Waals surface area contributed by atoms with Crippen LogP contribution in [0, 0.1) is 12.8 Å². The second-order valence-electron chi connectivity index (χ2n) is 7.03. The molecular formula is C20H27NO2. The van der Waals surface area contributed by atoms with Crippen LogP contribution in [0.15, 0.2) is 28.7 Å². The van der Waals surface area contributed by atoms with Gasteiger partial charge in [-0.25, -0.2) is 0 Å². The standard InChI is InChI=1S/C20H27NO2/c1-3-4-9-19-20-16(14(2)23-19)12-15-7-5-6-8-17(15)21-10-11-22-13-18(20)21/h5-8,15,17-18H,3-4,9-13H2,1-2H3/t15?,17?,18-/m0/s1. The van der Waals surface area contributed by atoms with Crippen molar-refractivity contribution in [3.05, 3.63) is 47.0 Å². The Balaban J connectivity index is 1.79. The molecule has 4 rings (SSSR count). The smallest absolute Gasteiger partial charge is 0.109 e. The molecule has 0 saturated carbocycles. The summed E-state index contributed by atoms with van der Waals surface area (Å²) in [6, 6.07) is 0.855. The molecule has 0 spiro atoms. The molecule has 1 aromatic rings. The largest absolute Gasteiger partial charge is 0.466 e. The third-order valence-corrected chi connectivity index (χ3v) is 5.63. The zero-order chi connectivity index (χ0) is 15.8. The van der Waals surface area contributed by atoms with Crippen LogP contribution in [-0.4, -0.2) is 30.7 Å². The summed E-state index contributed by atoms with van der Waals surface area (Å²) in [7, 11) is 0. The molecule has 3 aliphatic rings. The molecule has 3 nitrogen and oxygen atoms in total. The number of fused-ring (bicyclic) bond motifs is 5. The van der Waals surface area contributed by atoms with Crippen LogP contribution >= 0.6 is 0 Å². The predicted octanol–water partition coefficient (Wildman–Crippen LogP) is 3.97. The summed E-state index contributed by atoms with van der Waals surface area (Å²) >= 11 is 0. The van der Waals surface area contributed by atoms with E-state index in [0.717, 1.165) is 38.4 Å². The second-order valence-corrected chi connectivity index (χ2v) is 7.03. The first-order valence-corrected chi connectivity index (χ1v) is 9.09. The van der Waals surface area contributed by atoms with Gasteiger partial charge in [-0.05, 0) is 25.3 Å². The lowest BCUT2D eigenvalue weighted by Gasteiger charge is -2.41. The molecule has 124 valence electrons. The molecule has 0 radical (unpaired) electrons. The summed E-state index contributed by atoms with van der Waals surface area (Å²) in [6.07, 6.45) is 13.7. The van der Waals surface area contributed by atoms with Crippen LogP contribution in [0.1, 0.15) is 48.5 Å². The first-order chi connectivity index (χ1) is 11.3. The van der Waals surface area contributed by atoms with E-state index in [1.54, 1.807) is 0 Å². The van der Waals surface area contributed by atoms with Crippen LogP contribution in [0.4, 0.5) is 0 Å². The zero-order valence-electron chi connectivity index (χ0n) is 14.3. The molecule has 0 aromatic carbocycles. The van der Waals surface area contributed by atoms with Crippen molar-refractivity contribution in [1.29, 1.82) is 0 Å². The van der Waals surface area contributed by atoms with Gasteiger partial charge in [-0.1, -0.05) is 37.6 Å². The van der Waals surface area contributed by atoms with Crippen molar-refractivity contribution in [2.24, 2.45) is 5.92 Å². The van der Waals surface area contributed by atoms with Crippen LogP contribution < -0.4 is 0 Å². The molecule has 0 amide bonds. The Morgan fingerprint density at radius 3 is 3.00 bits per heavy atom. The number of furan rings is 1. The van der Waals surface area contributed by atoms with Gasteiger partial charge in [-0.15, -0.1) is 0 Å². The Morgan fingerprint density at radius 1 is 1.26 bits per heavy atom. The number of unbranched alkanes of at least 4 members (excludes halogenated alkanes) is 1. The van der Waals surface area contributed by atoms with Crippen LogP contribution in [-0.2, 0) is 17.6 Å². The maximum absolute atomic E-state index is 6.23. The SMILES string of the molecule is CCCCc1oc(C)c2c1[C@@H]1COCCN1C1C=CC=CC1C2. The molecule has 2 aliphatic heterocycles. The van der Waals surface area contributed by atoms with Gasteiger partial charge in [-0.2, -0.15) is 0 Å². The highest BCUT2D eigenvalue weighted by molar-refractivity contribution is 5.40. The third kappa shape index (κ3) is 2.60. The Labute approximate surface area is 139 Å². The summed E-state index contributed by atoms with van der Waals surface area (Å²) in [5.74, 6) is 2.89. The highest BCUT2D eigenvalue weighted by Crippen LogP contribution is 2.42. The Morgan fingerprint density at radius 2 is 2.13 bits per heavy atom. The fraction of sp³-hybridized carbons (Fsp3) is 0.600. The van der Waals surface area contributed by atoms with Gasteiger partial charge in [0, 0.05) is 30.5 Å². The van der Waals surface area contributed by atoms with E-state index in [1.165, 1.54) is 29.7 Å². The van der Waals surface area contributed by atoms with E-state index in [2.05, 4.69) is 43.1 Å². The molecule has 3 heteroatoms. The monoisotopic (exact) mass is 313 g/mol. The van der Waals surface area contributed by atoms with Crippen molar-refractivity contribution < 1.29 is 9.15 Å². The summed E-state index contributed by atoms with van der Waals surface area (Å²) in [5, 5.41) is 0. The number of nitrogens with zero attached hydrogens (tertiary/aromatic N) is 1. The number of ether oxygens (including phenoxy) is 1. The molecule has 3 atom stereocenters. The lowest BCUT2D eigenvalue weighted by atomic mass is 9.89. The number of allylic oxidation sites excluding steroid dienone is 2. The van der Waals surface area contributed by atoms with E-state index in [1.807, 2.05) is 0 Å². The molecule has 0 N–H and O–H groups in total. The minimum Gasteiger partial charge on any atom is -0.466 e. The first-order valence-electron chi connectivity index (χ1n) is 9.09. The van der Waals surface area contributed by atoms with Gasteiger partial charge in [0.25, 0.3) is 0 Å². The van der Waals surface area contributed by atoms with Crippen molar-refractivity contribution in [2.45, 2.75) is 51.6 Å². The Hall–Kier alpha value is -1.32. The molecular weight excluding hydrogens is 286 g/mol. The van der Waals surface area contributed by atoms with Crippen molar-refractivity contribution in [1.82, 2.24) is 4.90 Å². The average molecular weight is 313 g/mol. The number of hydrogen-bond acceptors (Lipinski definition) is 3. The molecule has 1 aromatic heterocycles. The van der Waals surface area contributed by atoms with Gasteiger partial charge in [0.1, 0.15) is 11.5 Å². The lowest BCUT2D eigenvalue weighted by molar-refractivity contribution is -0.0261. The van der Waals surface area contributed by atoms with Crippen LogP contribution in [0.25, 0.3) is 0 Å². The normalized spacial score (nSPS) is 29.7. The summed E-state index contributed by atoms with van der Waals surface area (Å²) in [5.41, 5.74) is 2.90. The topological polar surface area (TPSA) is 25.6 Å². The van der Waals surface area contributed by atoms with Gasteiger partial charge in [-0.3, -0.25) is 4.90 Å². The number of rotatable bonds is 3. The van der Waals surface area contributed by atoms with E-state index >= 15 is 0 Å². The summed E-state index contributed by atoms with van der Waals surface area (Å²) < 4.78 is 12.1. The molecule has 1 aliphatic carbocycles. The van der Waals surface area contributed by atoms with E-state index in [9.17, 15) is 0 Å². The van der Waals surface area contributed by atoms with E-state index in [0.29, 0.717) is 18.0 Å². The maximum atomic E-state index is 6.23. The number of aryl methyl sites for hydroxylation is 2. The molecule has 1 fully saturated rings. The van der Waals surface area contributed by atoms with Gasteiger partial charge in [0.2, 0.25) is 0 Å². The van der Waals surface area contributed by atoms with Gasteiger partial charge >= 0.3 is 0 Å². The highest BCUT2D eigenvalue weighted by Gasteiger charge is 2.40. The lowest BCUT2D eigenvalue weighted by Crippen LogP contribution is -2.47. The Bertz CT molecular complexity index is 628. The maximum Gasteiger partial charge on any atom is 0.109 e. The van der Waals surface area contributed by atoms with Gasteiger partial charge in [0.05, 0.1) is 19.3 Å². The quantitative estimate of drug-likeness (QED) is 0.844. The second kappa shape index (κ2) is 6.29. The van der Waals surface area contributed by atoms with Crippen molar-refractivity contribution in [3.8, 4) is 0 Å². The minimum atomic E-state index is 0.356. The summed E-state index contributed by atoms with van der Waals surface area (Å²) in [6.45, 7) is 7.04. The molecule has 2 unspecified atom stereocenters. The highest BCUT2D eigenvalue weighted by atomic mass is 16.5. The number of morpholine rings is 1. The molecule has 0 bridgehead atoms.